The third-order valence-corrected chi connectivity index (χ3v) is 5.55. The summed E-state index contributed by atoms with van der Waals surface area (Å²) >= 11 is 5.84. The third-order valence-electron chi connectivity index (χ3n) is 3.74. The van der Waals surface area contributed by atoms with Crippen LogP contribution in [0.1, 0.15) is 18.1 Å². The summed E-state index contributed by atoms with van der Waals surface area (Å²) in [7, 11) is -2.12. The molecule has 0 heterocycles. The zero-order valence-electron chi connectivity index (χ0n) is 14.4. The molecule has 0 aliphatic carbocycles. The number of sulfonamides is 1. The Labute approximate surface area is 153 Å². The van der Waals surface area contributed by atoms with Gasteiger partial charge in [0.05, 0.1) is 10.9 Å². The molecular formula is C18H21ClN2O3S. The number of hydrogen-bond donors (Lipinski definition) is 1. The van der Waals surface area contributed by atoms with Gasteiger partial charge < -0.3 is 4.90 Å². The largest absolute Gasteiger partial charge is 0.340 e. The Hall–Kier alpha value is -1.89. The minimum absolute atomic E-state index is 0.137. The number of aryl methyl sites for hydroxylation is 1. The fourth-order valence-corrected chi connectivity index (χ4v) is 3.66. The second-order valence-electron chi connectivity index (χ2n) is 5.98. The molecule has 134 valence electrons. The number of rotatable bonds is 6. The Morgan fingerprint density at radius 2 is 1.68 bits per heavy atom. The molecule has 2 aromatic rings. The molecule has 2 rings (SSSR count). The third kappa shape index (κ3) is 5.29. The van der Waals surface area contributed by atoms with Gasteiger partial charge >= 0.3 is 0 Å². The molecule has 0 radical (unpaired) electrons. The molecule has 0 aromatic heterocycles. The second-order valence-corrected chi connectivity index (χ2v) is 8.13. The van der Waals surface area contributed by atoms with E-state index in [1.54, 1.807) is 31.3 Å². The molecule has 0 bridgehead atoms. The second kappa shape index (κ2) is 7.99. The van der Waals surface area contributed by atoms with Crippen LogP contribution in [0.4, 0.5) is 0 Å². The predicted octanol–water partition coefficient (Wildman–Crippen LogP) is 2.97. The van der Waals surface area contributed by atoms with Gasteiger partial charge in [0.2, 0.25) is 15.9 Å². The van der Waals surface area contributed by atoms with Crippen LogP contribution in [0.3, 0.4) is 0 Å². The minimum atomic E-state index is -3.75. The summed E-state index contributed by atoms with van der Waals surface area (Å²) in [5.74, 6) is -0.314. The van der Waals surface area contributed by atoms with E-state index in [1.807, 2.05) is 19.1 Å². The summed E-state index contributed by atoms with van der Waals surface area (Å²) in [6.45, 7) is 3.78. The highest BCUT2D eigenvalue weighted by Crippen LogP contribution is 2.13. The first kappa shape index (κ1) is 19.4. The Morgan fingerprint density at radius 3 is 2.24 bits per heavy atom. The molecule has 0 saturated carbocycles. The van der Waals surface area contributed by atoms with Crippen LogP contribution in [0.5, 0.6) is 0 Å². The molecule has 0 spiro atoms. The fourth-order valence-electron chi connectivity index (χ4n) is 2.34. The van der Waals surface area contributed by atoms with E-state index in [4.69, 9.17) is 11.6 Å². The highest BCUT2D eigenvalue weighted by molar-refractivity contribution is 7.89. The monoisotopic (exact) mass is 380 g/mol. The van der Waals surface area contributed by atoms with Crippen molar-refractivity contribution in [3.05, 3.63) is 64.7 Å². The maximum absolute atomic E-state index is 12.5. The summed E-state index contributed by atoms with van der Waals surface area (Å²) in [4.78, 5) is 14.1. The number of hydrogen-bond acceptors (Lipinski definition) is 3. The van der Waals surface area contributed by atoms with Gasteiger partial charge in [0, 0.05) is 18.6 Å². The number of halogens is 1. The molecule has 1 N–H and O–H groups in total. The number of likely N-dealkylation sites (N-methyl/N-ethyl adjacent to an activating group) is 1. The maximum atomic E-state index is 12.5. The summed E-state index contributed by atoms with van der Waals surface area (Å²) in [6.07, 6.45) is 0. The average Bonchev–Trinajstić information content (AvgIpc) is 2.56. The molecule has 2 aromatic carbocycles. The molecule has 1 atom stereocenters. The van der Waals surface area contributed by atoms with Crippen LogP contribution in [0.15, 0.2) is 53.4 Å². The highest BCUT2D eigenvalue weighted by Gasteiger charge is 2.24. The number of carbonyl (C=O) groups excluding carboxylic acids is 1. The highest BCUT2D eigenvalue weighted by atomic mass is 35.5. The smallest absolute Gasteiger partial charge is 0.241 e. The van der Waals surface area contributed by atoms with Crippen molar-refractivity contribution in [1.82, 2.24) is 9.62 Å². The topological polar surface area (TPSA) is 66.5 Å². The Balaban J connectivity index is 2.03. The van der Waals surface area contributed by atoms with Crippen molar-refractivity contribution in [3.8, 4) is 0 Å². The van der Waals surface area contributed by atoms with Crippen molar-refractivity contribution in [2.24, 2.45) is 0 Å². The molecule has 25 heavy (non-hydrogen) atoms. The average molecular weight is 381 g/mol. The summed E-state index contributed by atoms with van der Waals surface area (Å²) in [6, 6.07) is 12.8. The van der Waals surface area contributed by atoms with Gasteiger partial charge in [-0.1, -0.05) is 41.4 Å². The van der Waals surface area contributed by atoms with Gasteiger partial charge in [-0.05, 0) is 43.7 Å². The van der Waals surface area contributed by atoms with E-state index in [9.17, 15) is 13.2 Å². The van der Waals surface area contributed by atoms with E-state index in [2.05, 4.69) is 4.72 Å². The van der Waals surface area contributed by atoms with Crippen molar-refractivity contribution in [1.29, 1.82) is 0 Å². The van der Waals surface area contributed by atoms with Crippen molar-refractivity contribution in [2.45, 2.75) is 31.3 Å². The van der Waals surface area contributed by atoms with Crippen LogP contribution < -0.4 is 4.72 Å². The van der Waals surface area contributed by atoms with Crippen LogP contribution in [-0.2, 0) is 21.4 Å². The zero-order chi connectivity index (χ0) is 18.6. The van der Waals surface area contributed by atoms with Gasteiger partial charge in [0.15, 0.2) is 0 Å². The first-order chi connectivity index (χ1) is 11.7. The normalized spacial score (nSPS) is 12.6. The van der Waals surface area contributed by atoms with Crippen molar-refractivity contribution in [2.75, 3.05) is 7.05 Å². The Morgan fingerprint density at radius 1 is 1.12 bits per heavy atom. The van der Waals surface area contributed by atoms with E-state index >= 15 is 0 Å². The van der Waals surface area contributed by atoms with Crippen molar-refractivity contribution >= 4 is 27.5 Å². The molecule has 0 fully saturated rings. The predicted molar refractivity (Wildman–Crippen MR) is 98.9 cm³/mol. The zero-order valence-corrected chi connectivity index (χ0v) is 15.9. The minimum Gasteiger partial charge on any atom is -0.340 e. The van der Waals surface area contributed by atoms with E-state index < -0.39 is 16.1 Å². The van der Waals surface area contributed by atoms with E-state index in [-0.39, 0.29) is 10.8 Å². The lowest BCUT2D eigenvalue weighted by Crippen LogP contribution is -2.45. The number of amides is 1. The lowest BCUT2D eigenvalue weighted by molar-refractivity contribution is -0.131. The van der Waals surface area contributed by atoms with Gasteiger partial charge in [-0.25, -0.2) is 8.42 Å². The van der Waals surface area contributed by atoms with Gasteiger partial charge in [-0.15, -0.1) is 0 Å². The SMILES string of the molecule is Cc1ccc(S(=O)(=O)NC(C)C(=O)N(C)Cc2ccc(Cl)cc2)cc1. The lowest BCUT2D eigenvalue weighted by atomic mass is 10.2. The molecule has 5 nitrogen and oxygen atoms in total. The molecular weight excluding hydrogens is 360 g/mol. The van der Waals surface area contributed by atoms with Crippen LogP contribution in [0.2, 0.25) is 5.02 Å². The maximum Gasteiger partial charge on any atom is 0.241 e. The van der Waals surface area contributed by atoms with Gasteiger partial charge in [0.25, 0.3) is 0 Å². The van der Waals surface area contributed by atoms with Crippen LogP contribution in [-0.4, -0.2) is 32.3 Å². The molecule has 1 unspecified atom stereocenters. The number of nitrogens with one attached hydrogen (secondary N) is 1. The van der Waals surface area contributed by atoms with Crippen molar-refractivity contribution < 1.29 is 13.2 Å². The standard InChI is InChI=1S/C18H21ClN2O3S/c1-13-4-10-17(11-5-13)25(23,24)20-14(2)18(22)21(3)12-15-6-8-16(19)9-7-15/h4-11,14,20H,12H2,1-3H3. The van der Waals surface area contributed by atoms with Gasteiger partial charge in [-0.2, -0.15) is 4.72 Å². The van der Waals surface area contributed by atoms with Crippen LogP contribution in [0, 0.1) is 6.92 Å². The molecule has 0 aliphatic rings. The molecule has 7 heteroatoms. The number of nitrogens with zero attached hydrogens (tertiary/aromatic N) is 1. The van der Waals surface area contributed by atoms with E-state index in [0.29, 0.717) is 11.6 Å². The number of benzene rings is 2. The van der Waals surface area contributed by atoms with Crippen molar-refractivity contribution in [3.63, 3.8) is 0 Å². The molecule has 0 saturated heterocycles. The van der Waals surface area contributed by atoms with Crippen LogP contribution >= 0.6 is 11.6 Å². The molecule has 1 amide bonds. The summed E-state index contributed by atoms with van der Waals surface area (Å²) in [5.41, 5.74) is 1.87. The first-order valence-corrected chi connectivity index (χ1v) is 9.63. The van der Waals surface area contributed by atoms with Gasteiger partial charge in [0.1, 0.15) is 0 Å². The van der Waals surface area contributed by atoms with Crippen LogP contribution in [0.25, 0.3) is 0 Å². The Bertz CT molecular complexity index is 834. The van der Waals surface area contributed by atoms with E-state index in [0.717, 1.165) is 11.1 Å². The Kier molecular flexibility index (Phi) is 6.21. The fraction of sp³-hybridized carbons (Fsp3) is 0.278. The quantitative estimate of drug-likeness (QED) is 0.837. The summed E-state index contributed by atoms with van der Waals surface area (Å²) < 4.78 is 27.2. The molecule has 0 aliphatic heterocycles. The summed E-state index contributed by atoms with van der Waals surface area (Å²) in [5, 5.41) is 0.622. The first-order valence-electron chi connectivity index (χ1n) is 7.77. The van der Waals surface area contributed by atoms with Gasteiger partial charge in [-0.3, -0.25) is 4.79 Å². The number of carbonyl (C=O) groups is 1. The lowest BCUT2D eigenvalue weighted by Gasteiger charge is -2.22. The van der Waals surface area contributed by atoms with E-state index in [1.165, 1.54) is 24.0 Å².